The molecule has 0 fully saturated rings. The summed E-state index contributed by atoms with van der Waals surface area (Å²) in [6.07, 6.45) is 0.432. The maximum Gasteiger partial charge on any atom is 0.338 e. The van der Waals surface area contributed by atoms with Crippen molar-refractivity contribution in [1.29, 1.82) is 0 Å². The van der Waals surface area contributed by atoms with Gasteiger partial charge in [-0.25, -0.2) is 4.79 Å². The maximum atomic E-state index is 13.0. The summed E-state index contributed by atoms with van der Waals surface area (Å²) < 4.78 is 10.2. The van der Waals surface area contributed by atoms with Crippen LogP contribution in [0.4, 0.5) is 0 Å². The topological polar surface area (TPSA) is 115 Å². The van der Waals surface area contributed by atoms with E-state index in [2.05, 4.69) is 16.1 Å². The molecule has 0 heterocycles. The summed E-state index contributed by atoms with van der Waals surface area (Å²) >= 11 is 0. The van der Waals surface area contributed by atoms with Crippen LogP contribution in [-0.2, 0) is 37.1 Å². The van der Waals surface area contributed by atoms with Crippen molar-refractivity contribution in [3.63, 3.8) is 0 Å². The first-order valence-electron chi connectivity index (χ1n) is 11.6. The summed E-state index contributed by atoms with van der Waals surface area (Å²) in [5.74, 6) is -1.25. The van der Waals surface area contributed by atoms with Crippen molar-refractivity contribution in [2.24, 2.45) is 5.92 Å². The Labute approximate surface area is 206 Å². The van der Waals surface area contributed by atoms with E-state index < -0.39 is 29.9 Å². The highest BCUT2D eigenvalue weighted by Gasteiger charge is 2.32. The maximum absolute atomic E-state index is 13.0. The van der Waals surface area contributed by atoms with E-state index in [1.807, 2.05) is 50.2 Å². The zero-order valence-corrected chi connectivity index (χ0v) is 20.7. The van der Waals surface area contributed by atoms with E-state index in [4.69, 9.17) is 14.3 Å². The second kappa shape index (κ2) is 14.7. The minimum atomic E-state index is -1.50. The van der Waals surface area contributed by atoms with Gasteiger partial charge in [0.15, 0.2) is 0 Å². The molecule has 2 amide bonds. The van der Waals surface area contributed by atoms with Gasteiger partial charge < -0.3 is 20.1 Å². The van der Waals surface area contributed by atoms with Gasteiger partial charge in [-0.2, -0.15) is 5.48 Å². The minimum absolute atomic E-state index is 0.0717. The van der Waals surface area contributed by atoms with Gasteiger partial charge in [0.25, 0.3) is 5.91 Å². The Hall–Kier alpha value is -3.43. The number of hydrogen-bond donors (Lipinski definition) is 3. The number of rotatable bonds is 14. The van der Waals surface area contributed by atoms with Crippen LogP contribution in [0.1, 0.15) is 38.3 Å². The molecular weight excluding hydrogens is 450 g/mol. The van der Waals surface area contributed by atoms with Crippen molar-refractivity contribution < 1.29 is 28.7 Å². The molecular formula is C26H35N3O6. The van der Waals surface area contributed by atoms with Gasteiger partial charge in [-0.3, -0.25) is 14.4 Å². The molecule has 0 saturated heterocycles. The van der Waals surface area contributed by atoms with Gasteiger partial charge in [-0.15, -0.1) is 0 Å². The van der Waals surface area contributed by atoms with E-state index in [-0.39, 0.29) is 25.7 Å². The Morgan fingerprint density at radius 2 is 1.66 bits per heavy atom. The fraction of sp³-hybridized carbons (Fsp3) is 0.423. The first-order valence-corrected chi connectivity index (χ1v) is 11.6. The van der Waals surface area contributed by atoms with E-state index in [0.717, 1.165) is 11.1 Å². The van der Waals surface area contributed by atoms with Crippen LogP contribution in [0.15, 0.2) is 54.6 Å². The van der Waals surface area contributed by atoms with Crippen LogP contribution in [-0.4, -0.2) is 43.6 Å². The van der Waals surface area contributed by atoms with Gasteiger partial charge in [0.2, 0.25) is 11.9 Å². The predicted octanol–water partition coefficient (Wildman–Crippen LogP) is 2.50. The predicted molar refractivity (Wildman–Crippen MR) is 131 cm³/mol. The van der Waals surface area contributed by atoms with Crippen molar-refractivity contribution in [2.75, 3.05) is 13.7 Å². The number of hydrogen-bond acceptors (Lipinski definition) is 7. The largest absolute Gasteiger partial charge is 0.497 e. The third-order valence-electron chi connectivity index (χ3n) is 5.00. The summed E-state index contributed by atoms with van der Waals surface area (Å²) in [5.41, 5.74) is 4.49. The molecule has 0 radical (unpaired) electrons. The Morgan fingerprint density at radius 1 is 0.943 bits per heavy atom. The summed E-state index contributed by atoms with van der Waals surface area (Å²) in [7, 11) is 1.55. The van der Waals surface area contributed by atoms with Gasteiger partial charge in [0, 0.05) is 6.54 Å². The number of carbonyl (C=O) groups is 3. The number of amides is 2. The van der Waals surface area contributed by atoms with Crippen LogP contribution in [0.25, 0.3) is 0 Å². The first-order chi connectivity index (χ1) is 16.8. The first kappa shape index (κ1) is 27.8. The lowest BCUT2D eigenvalue weighted by molar-refractivity contribution is -0.152. The van der Waals surface area contributed by atoms with Crippen LogP contribution in [0.5, 0.6) is 5.75 Å². The fourth-order valence-electron chi connectivity index (χ4n) is 3.25. The molecule has 2 atom stereocenters. The molecule has 2 rings (SSSR count). The van der Waals surface area contributed by atoms with Gasteiger partial charge in [-0.05, 0) is 42.5 Å². The number of benzene rings is 2. The lowest BCUT2D eigenvalue weighted by Crippen LogP contribution is -2.56. The summed E-state index contributed by atoms with van der Waals surface area (Å²) in [6.45, 7) is 6.03. The number of ether oxygens (including phenoxy) is 2. The second-order valence-corrected chi connectivity index (χ2v) is 8.34. The standard InChI is InChI=1S/C26H35N3O6/c1-5-34-26(32)23(25(31)27-16-20-12-9-13-21(15-20)33-4)28-24(30)22(14-18(2)3)29-35-17-19-10-7-6-8-11-19/h6-13,15,18,22-23,29H,5,14,16-17H2,1-4H3,(H,27,31)(H,28,30)/t22-,23?/m0/s1. The molecule has 2 aromatic carbocycles. The Kier molecular flexibility index (Phi) is 11.7. The molecule has 35 heavy (non-hydrogen) atoms. The van der Waals surface area contributed by atoms with E-state index in [0.29, 0.717) is 12.2 Å². The van der Waals surface area contributed by atoms with Crippen molar-refractivity contribution in [2.45, 2.75) is 52.4 Å². The van der Waals surface area contributed by atoms with E-state index in [1.54, 1.807) is 32.2 Å². The molecule has 2 aromatic rings. The molecule has 190 valence electrons. The van der Waals surface area contributed by atoms with E-state index in [9.17, 15) is 14.4 Å². The molecule has 0 bridgehead atoms. The smallest absolute Gasteiger partial charge is 0.338 e. The van der Waals surface area contributed by atoms with Gasteiger partial charge in [-0.1, -0.05) is 56.3 Å². The number of carbonyl (C=O) groups excluding carboxylic acids is 3. The van der Waals surface area contributed by atoms with Crippen LogP contribution in [0, 0.1) is 5.92 Å². The zero-order chi connectivity index (χ0) is 25.6. The van der Waals surface area contributed by atoms with Crippen LogP contribution >= 0.6 is 0 Å². The molecule has 9 nitrogen and oxygen atoms in total. The average Bonchev–Trinajstić information content (AvgIpc) is 2.85. The minimum Gasteiger partial charge on any atom is -0.497 e. The van der Waals surface area contributed by atoms with Crippen molar-refractivity contribution in [1.82, 2.24) is 16.1 Å². The highest BCUT2D eigenvalue weighted by Crippen LogP contribution is 2.12. The summed E-state index contributed by atoms with van der Waals surface area (Å²) in [6, 6.07) is 14.4. The summed E-state index contributed by atoms with van der Waals surface area (Å²) in [4.78, 5) is 43.9. The number of hydroxylamine groups is 1. The molecule has 0 saturated carbocycles. The second-order valence-electron chi connectivity index (χ2n) is 8.34. The number of nitrogens with one attached hydrogen (secondary N) is 3. The lowest BCUT2D eigenvalue weighted by Gasteiger charge is -2.23. The number of methoxy groups -OCH3 is 1. The fourth-order valence-corrected chi connectivity index (χ4v) is 3.25. The van der Waals surface area contributed by atoms with Crippen molar-refractivity contribution in [3.8, 4) is 5.75 Å². The normalized spacial score (nSPS) is 12.5. The third kappa shape index (κ3) is 9.76. The SMILES string of the molecule is CCOC(=O)C(NC(=O)[C@H](CC(C)C)NOCc1ccccc1)C(=O)NCc1cccc(OC)c1. The van der Waals surface area contributed by atoms with Crippen molar-refractivity contribution >= 4 is 17.8 Å². The Morgan fingerprint density at radius 3 is 2.31 bits per heavy atom. The number of esters is 1. The third-order valence-corrected chi connectivity index (χ3v) is 5.00. The summed E-state index contributed by atoms with van der Waals surface area (Å²) in [5, 5.41) is 5.20. The molecule has 0 aliphatic rings. The molecule has 3 N–H and O–H groups in total. The van der Waals surface area contributed by atoms with E-state index in [1.165, 1.54) is 0 Å². The Balaban J connectivity index is 2.04. The van der Waals surface area contributed by atoms with Crippen molar-refractivity contribution in [3.05, 3.63) is 65.7 Å². The van der Waals surface area contributed by atoms with Crippen LogP contribution in [0.3, 0.4) is 0 Å². The quantitative estimate of drug-likeness (QED) is 0.214. The average molecular weight is 486 g/mol. The zero-order valence-electron chi connectivity index (χ0n) is 20.7. The highest BCUT2D eigenvalue weighted by molar-refractivity contribution is 6.05. The van der Waals surface area contributed by atoms with Crippen LogP contribution < -0.4 is 20.9 Å². The van der Waals surface area contributed by atoms with Crippen LogP contribution in [0.2, 0.25) is 0 Å². The van der Waals surface area contributed by atoms with Gasteiger partial charge in [0.1, 0.15) is 11.8 Å². The highest BCUT2D eigenvalue weighted by atomic mass is 16.6. The Bertz CT molecular complexity index is 951. The molecule has 0 aliphatic carbocycles. The monoisotopic (exact) mass is 485 g/mol. The van der Waals surface area contributed by atoms with E-state index >= 15 is 0 Å². The molecule has 1 unspecified atom stereocenters. The molecule has 9 heteroatoms. The molecule has 0 aliphatic heterocycles. The molecule has 0 aromatic heterocycles. The molecule has 0 spiro atoms. The van der Waals surface area contributed by atoms with Gasteiger partial charge >= 0.3 is 5.97 Å². The lowest BCUT2D eigenvalue weighted by atomic mass is 10.0. The van der Waals surface area contributed by atoms with Gasteiger partial charge in [0.05, 0.1) is 20.3 Å².